The van der Waals surface area contributed by atoms with Crippen LogP contribution in [0.25, 0.3) is 0 Å². The van der Waals surface area contributed by atoms with Crippen LogP contribution in [0.1, 0.15) is 31.2 Å². The summed E-state index contributed by atoms with van der Waals surface area (Å²) in [6, 6.07) is 5.72. The molecular weight excluding hydrogens is 230 g/mol. The van der Waals surface area contributed by atoms with Crippen LogP contribution in [0.5, 0.6) is 11.5 Å². The molecule has 0 radical (unpaired) electrons. The summed E-state index contributed by atoms with van der Waals surface area (Å²) >= 11 is 0. The van der Waals surface area contributed by atoms with E-state index in [0.29, 0.717) is 13.2 Å². The fourth-order valence-electron chi connectivity index (χ4n) is 1.71. The minimum Gasteiger partial charge on any atom is -0.497 e. The summed E-state index contributed by atoms with van der Waals surface area (Å²) in [7, 11) is 1.63. The first-order valence-electron chi connectivity index (χ1n) is 6.42. The lowest BCUT2D eigenvalue weighted by Gasteiger charge is -2.10. The van der Waals surface area contributed by atoms with Gasteiger partial charge in [-0.2, -0.15) is 0 Å². The van der Waals surface area contributed by atoms with Crippen molar-refractivity contribution < 1.29 is 14.6 Å². The van der Waals surface area contributed by atoms with Crippen molar-refractivity contribution >= 4 is 0 Å². The highest BCUT2D eigenvalue weighted by Crippen LogP contribution is 2.22. The third-order valence-electron chi connectivity index (χ3n) is 2.73. The molecule has 0 aliphatic carbocycles. The molecular formula is C14H23NO3. The average molecular weight is 253 g/mol. The molecule has 0 spiro atoms. The van der Waals surface area contributed by atoms with E-state index in [0.717, 1.165) is 42.7 Å². The second-order valence-electron chi connectivity index (χ2n) is 4.21. The summed E-state index contributed by atoms with van der Waals surface area (Å²) in [5.74, 6) is 1.57. The van der Waals surface area contributed by atoms with Gasteiger partial charge in [-0.3, -0.25) is 0 Å². The van der Waals surface area contributed by atoms with E-state index in [1.54, 1.807) is 7.11 Å². The quantitative estimate of drug-likeness (QED) is 0.661. The molecule has 0 fully saturated rings. The SMILES string of the molecule is COc1cc(CN)cc(OCCCCCCO)c1. The maximum Gasteiger partial charge on any atom is 0.123 e. The van der Waals surface area contributed by atoms with E-state index in [1.165, 1.54) is 0 Å². The Morgan fingerprint density at radius 1 is 1.06 bits per heavy atom. The van der Waals surface area contributed by atoms with Gasteiger partial charge in [0, 0.05) is 19.2 Å². The molecule has 0 bridgehead atoms. The number of aliphatic hydroxyl groups excluding tert-OH is 1. The lowest BCUT2D eigenvalue weighted by atomic mass is 10.2. The van der Waals surface area contributed by atoms with E-state index in [2.05, 4.69) is 0 Å². The summed E-state index contributed by atoms with van der Waals surface area (Å²) in [6.07, 6.45) is 3.99. The Morgan fingerprint density at radius 3 is 2.44 bits per heavy atom. The zero-order chi connectivity index (χ0) is 13.2. The zero-order valence-corrected chi connectivity index (χ0v) is 11.0. The predicted molar refractivity (Wildman–Crippen MR) is 71.9 cm³/mol. The Morgan fingerprint density at radius 2 is 1.78 bits per heavy atom. The molecule has 1 rings (SSSR count). The van der Waals surface area contributed by atoms with Crippen LogP contribution in [0, 0.1) is 0 Å². The molecule has 0 aliphatic rings. The maximum absolute atomic E-state index is 8.66. The third-order valence-corrected chi connectivity index (χ3v) is 2.73. The molecule has 0 amide bonds. The van der Waals surface area contributed by atoms with Gasteiger partial charge in [0.1, 0.15) is 11.5 Å². The Kier molecular flexibility index (Phi) is 7.22. The molecule has 1 aromatic rings. The standard InChI is InChI=1S/C14H23NO3/c1-17-13-8-12(11-15)9-14(10-13)18-7-5-3-2-4-6-16/h8-10,16H,2-7,11,15H2,1H3. The molecule has 0 saturated carbocycles. The number of rotatable bonds is 9. The zero-order valence-electron chi connectivity index (χ0n) is 11.0. The molecule has 0 atom stereocenters. The Bertz CT molecular complexity index is 320. The summed E-state index contributed by atoms with van der Waals surface area (Å²) in [4.78, 5) is 0. The van der Waals surface area contributed by atoms with Crippen molar-refractivity contribution in [3.63, 3.8) is 0 Å². The lowest BCUT2D eigenvalue weighted by molar-refractivity contribution is 0.273. The molecule has 0 heterocycles. The molecule has 18 heavy (non-hydrogen) atoms. The van der Waals surface area contributed by atoms with E-state index < -0.39 is 0 Å². The minimum atomic E-state index is 0.274. The van der Waals surface area contributed by atoms with Gasteiger partial charge in [0.15, 0.2) is 0 Å². The smallest absolute Gasteiger partial charge is 0.123 e. The van der Waals surface area contributed by atoms with Crippen LogP contribution < -0.4 is 15.2 Å². The van der Waals surface area contributed by atoms with Gasteiger partial charge < -0.3 is 20.3 Å². The normalized spacial score (nSPS) is 10.4. The van der Waals surface area contributed by atoms with E-state index in [1.807, 2.05) is 18.2 Å². The third kappa shape index (κ3) is 5.38. The van der Waals surface area contributed by atoms with Crippen LogP contribution in [0.4, 0.5) is 0 Å². The van der Waals surface area contributed by atoms with Crippen molar-refractivity contribution in [2.75, 3.05) is 20.3 Å². The monoisotopic (exact) mass is 253 g/mol. The molecule has 4 nitrogen and oxygen atoms in total. The number of unbranched alkanes of at least 4 members (excludes halogenated alkanes) is 3. The number of hydrogen-bond acceptors (Lipinski definition) is 4. The fraction of sp³-hybridized carbons (Fsp3) is 0.571. The van der Waals surface area contributed by atoms with Gasteiger partial charge in [-0.25, -0.2) is 0 Å². The van der Waals surface area contributed by atoms with Crippen LogP contribution in [-0.4, -0.2) is 25.4 Å². The van der Waals surface area contributed by atoms with Crippen molar-refractivity contribution in [2.45, 2.75) is 32.2 Å². The second kappa shape index (κ2) is 8.78. The van der Waals surface area contributed by atoms with Crippen molar-refractivity contribution in [1.29, 1.82) is 0 Å². The van der Waals surface area contributed by atoms with Gasteiger partial charge in [0.2, 0.25) is 0 Å². The van der Waals surface area contributed by atoms with Crippen LogP contribution in [0.15, 0.2) is 18.2 Å². The number of methoxy groups -OCH3 is 1. The summed E-state index contributed by atoms with van der Waals surface area (Å²) in [5.41, 5.74) is 6.62. The van der Waals surface area contributed by atoms with Gasteiger partial charge in [-0.05, 0) is 37.0 Å². The molecule has 3 N–H and O–H groups in total. The largest absolute Gasteiger partial charge is 0.497 e. The lowest BCUT2D eigenvalue weighted by Crippen LogP contribution is -2.01. The summed E-state index contributed by atoms with van der Waals surface area (Å²) in [5, 5.41) is 8.66. The van der Waals surface area contributed by atoms with Crippen molar-refractivity contribution in [1.82, 2.24) is 0 Å². The number of hydrogen-bond donors (Lipinski definition) is 2. The van der Waals surface area contributed by atoms with E-state index in [9.17, 15) is 0 Å². The molecule has 0 unspecified atom stereocenters. The average Bonchev–Trinajstić information content (AvgIpc) is 2.42. The Labute approximate surface area is 109 Å². The minimum absolute atomic E-state index is 0.274. The van der Waals surface area contributed by atoms with Crippen LogP contribution in [-0.2, 0) is 6.54 Å². The highest BCUT2D eigenvalue weighted by Gasteiger charge is 2.01. The molecule has 102 valence electrons. The number of nitrogens with two attached hydrogens (primary N) is 1. The van der Waals surface area contributed by atoms with Gasteiger partial charge in [0.25, 0.3) is 0 Å². The van der Waals surface area contributed by atoms with Crippen molar-refractivity contribution in [3.05, 3.63) is 23.8 Å². The van der Waals surface area contributed by atoms with E-state index >= 15 is 0 Å². The van der Waals surface area contributed by atoms with Gasteiger partial charge >= 0.3 is 0 Å². The van der Waals surface area contributed by atoms with Crippen LogP contribution in [0.3, 0.4) is 0 Å². The van der Waals surface area contributed by atoms with Crippen LogP contribution in [0.2, 0.25) is 0 Å². The highest BCUT2D eigenvalue weighted by atomic mass is 16.5. The molecule has 0 saturated heterocycles. The first kappa shape index (κ1) is 14.8. The maximum atomic E-state index is 8.66. The Hall–Kier alpha value is -1.26. The summed E-state index contributed by atoms with van der Waals surface area (Å²) < 4.78 is 10.9. The number of benzene rings is 1. The van der Waals surface area contributed by atoms with Crippen molar-refractivity contribution in [2.24, 2.45) is 5.73 Å². The van der Waals surface area contributed by atoms with E-state index in [-0.39, 0.29) is 6.61 Å². The van der Waals surface area contributed by atoms with Gasteiger partial charge in [-0.15, -0.1) is 0 Å². The van der Waals surface area contributed by atoms with Crippen molar-refractivity contribution in [3.8, 4) is 11.5 Å². The highest BCUT2D eigenvalue weighted by molar-refractivity contribution is 5.38. The van der Waals surface area contributed by atoms with Crippen LogP contribution >= 0.6 is 0 Å². The second-order valence-corrected chi connectivity index (χ2v) is 4.21. The number of ether oxygens (including phenoxy) is 2. The van der Waals surface area contributed by atoms with Gasteiger partial charge in [0.05, 0.1) is 13.7 Å². The molecule has 0 aliphatic heterocycles. The fourth-order valence-corrected chi connectivity index (χ4v) is 1.71. The topological polar surface area (TPSA) is 64.7 Å². The first-order chi connectivity index (χ1) is 8.80. The predicted octanol–water partition coefficient (Wildman–Crippen LogP) is 2.09. The first-order valence-corrected chi connectivity index (χ1v) is 6.42. The molecule has 4 heteroatoms. The number of aliphatic hydroxyl groups is 1. The van der Waals surface area contributed by atoms with Gasteiger partial charge in [-0.1, -0.05) is 6.42 Å². The summed E-state index contributed by atoms with van der Waals surface area (Å²) in [6.45, 7) is 1.43. The van der Waals surface area contributed by atoms with E-state index in [4.69, 9.17) is 20.3 Å². The molecule has 0 aromatic heterocycles. The molecule has 1 aromatic carbocycles. The Balaban J connectivity index is 2.36.